The van der Waals surface area contributed by atoms with Crippen molar-refractivity contribution in [2.45, 2.75) is 96.8 Å². The smallest absolute Gasteiger partial charge is 0.0661 e. The normalized spacial score (nSPS) is 10.6. The lowest BCUT2D eigenvalue weighted by atomic mass is 10.0. The molecule has 0 saturated heterocycles. The van der Waals surface area contributed by atoms with E-state index >= 15 is 0 Å². The predicted molar refractivity (Wildman–Crippen MR) is 99.8 cm³/mol. The second kappa shape index (κ2) is 22.5. The van der Waals surface area contributed by atoms with Gasteiger partial charge in [0.15, 0.2) is 0 Å². The highest BCUT2D eigenvalue weighted by Gasteiger charge is 1.93. The molecule has 0 atom stereocenters. The Morgan fingerprint density at radius 1 is 0.524 bits per heavy atom. The molecule has 0 unspecified atom stereocenters. The van der Waals surface area contributed by atoms with Crippen molar-refractivity contribution in [2.75, 3.05) is 27.0 Å². The third-order valence-electron chi connectivity index (χ3n) is 3.49. The topological polar surface area (TPSA) is 4.44 Å². The quantitative estimate of drug-likeness (QED) is 0.320. The van der Waals surface area contributed by atoms with Crippen LogP contribution in [0.3, 0.4) is 0 Å². The van der Waals surface area contributed by atoms with Crippen LogP contribution >= 0.6 is 11.6 Å². The van der Waals surface area contributed by atoms with Crippen LogP contribution in [0.1, 0.15) is 96.8 Å². The summed E-state index contributed by atoms with van der Waals surface area (Å²) in [5, 5.41) is 0. The highest BCUT2D eigenvalue weighted by Crippen LogP contribution is 2.12. The molecule has 0 aromatic carbocycles. The summed E-state index contributed by atoms with van der Waals surface area (Å²) < 4.78 is 0. The van der Waals surface area contributed by atoms with Gasteiger partial charge in [0.2, 0.25) is 0 Å². The van der Waals surface area contributed by atoms with E-state index in [0.717, 1.165) is 5.88 Å². The maximum absolute atomic E-state index is 5.64. The van der Waals surface area contributed by atoms with E-state index in [1.807, 2.05) is 0 Å². The van der Waals surface area contributed by atoms with E-state index in [-0.39, 0.29) is 0 Å². The highest BCUT2D eigenvalue weighted by atomic mass is 35.5. The number of alkyl halides is 1. The van der Waals surface area contributed by atoms with Crippen molar-refractivity contribution in [3.05, 3.63) is 0 Å². The second-order valence-corrected chi connectivity index (χ2v) is 7.16. The van der Waals surface area contributed by atoms with Gasteiger partial charge < -0.3 is 4.90 Å². The summed E-state index contributed by atoms with van der Waals surface area (Å²) in [6.07, 6.45) is 19.8. The minimum absolute atomic E-state index is 0.845. The third-order valence-corrected chi connectivity index (χ3v) is 3.75. The first kappa shape index (κ1) is 23.5. The fraction of sp³-hybridized carbons (Fsp3) is 1.00. The van der Waals surface area contributed by atoms with Gasteiger partial charge in [-0.25, -0.2) is 0 Å². The number of halogens is 1. The van der Waals surface area contributed by atoms with Gasteiger partial charge in [0.05, 0.1) is 21.1 Å². The molecule has 0 rings (SSSR count). The Morgan fingerprint density at radius 2 is 0.762 bits per heavy atom. The number of hydrogen-bond acceptors (Lipinski definition) is 0. The zero-order valence-electron chi connectivity index (χ0n) is 15.5. The molecule has 2 heteroatoms. The maximum Gasteiger partial charge on any atom is 0.0661 e. The molecule has 0 aromatic heterocycles. The van der Waals surface area contributed by atoms with Gasteiger partial charge in [-0.2, -0.15) is 0 Å². The Hall–Kier alpha value is 0.250. The highest BCUT2D eigenvalue weighted by molar-refractivity contribution is 6.17. The van der Waals surface area contributed by atoms with Crippen LogP contribution in [-0.4, -0.2) is 27.0 Å². The first-order chi connectivity index (χ1) is 10.1. The van der Waals surface area contributed by atoms with Gasteiger partial charge in [-0.05, 0) is 6.42 Å². The fourth-order valence-electron chi connectivity index (χ4n) is 2.29. The lowest BCUT2D eigenvalue weighted by Gasteiger charge is -2.02. The molecule has 130 valence electrons. The summed E-state index contributed by atoms with van der Waals surface area (Å²) in [7, 11) is 6.25. The van der Waals surface area contributed by atoms with E-state index < -0.39 is 0 Å². The van der Waals surface area contributed by atoms with Crippen LogP contribution in [-0.2, 0) is 0 Å². The molecule has 1 nitrogen and oxygen atoms in total. The lowest BCUT2D eigenvalue weighted by Crippen LogP contribution is -3.02. The van der Waals surface area contributed by atoms with E-state index in [4.69, 9.17) is 11.6 Å². The van der Waals surface area contributed by atoms with Gasteiger partial charge in [0, 0.05) is 5.88 Å². The molecule has 0 amide bonds. The largest absolute Gasteiger partial charge is 0.342 e. The average Bonchev–Trinajstić information content (AvgIpc) is 2.43. The zero-order chi connectivity index (χ0) is 16.2. The molecule has 0 heterocycles. The number of unbranched alkanes of at least 4 members (excludes halogenated alkanes) is 13. The van der Waals surface area contributed by atoms with Crippen molar-refractivity contribution in [1.29, 1.82) is 0 Å². The third kappa shape index (κ3) is 33.2. The van der Waals surface area contributed by atoms with Gasteiger partial charge in [-0.1, -0.05) is 90.4 Å². The molecular formula is C19H43ClN+. The van der Waals surface area contributed by atoms with Crippen LogP contribution in [0.15, 0.2) is 0 Å². The fourth-order valence-corrected chi connectivity index (χ4v) is 2.48. The molecule has 0 spiro atoms. The zero-order valence-corrected chi connectivity index (χ0v) is 16.2. The van der Waals surface area contributed by atoms with E-state index in [2.05, 4.69) is 28.1 Å². The number of quaternary nitrogens is 1. The van der Waals surface area contributed by atoms with Gasteiger partial charge in [0.25, 0.3) is 0 Å². The lowest BCUT2D eigenvalue weighted by molar-refractivity contribution is -0.836. The van der Waals surface area contributed by atoms with Crippen LogP contribution in [0.5, 0.6) is 0 Å². The maximum atomic E-state index is 5.64. The summed E-state index contributed by atoms with van der Waals surface area (Å²) in [6.45, 7) is 2.28. The number of hydrogen-bond donors (Lipinski definition) is 1. The summed E-state index contributed by atoms with van der Waals surface area (Å²) in [5.74, 6) is 0.845. The summed E-state index contributed by atoms with van der Waals surface area (Å²) in [5.41, 5.74) is 0. The van der Waals surface area contributed by atoms with Crippen LogP contribution in [0.4, 0.5) is 0 Å². The van der Waals surface area contributed by atoms with Crippen molar-refractivity contribution in [3.63, 3.8) is 0 Å². The Kier molecular flexibility index (Phi) is 25.2. The van der Waals surface area contributed by atoms with E-state index in [1.54, 1.807) is 0 Å². The van der Waals surface area contributed by atoms with E-state index in [9.17, 15) is 0 Å². The second-order valence-electron chi connectivity index (χ2n) is 6.79. The van der Waals surface area contributed by atoms with Crippen molar-refractivity contribution in [2.24, 2.45) is 0 Å². The summed E-state index contributed by atoms with van der Waals surface area (Å²) >= 11 is 5.64. The molecule has 21 heavy (non-hydrogen) atoms. The summed E-state index contributed by atoms with van der Waals surface area (Å²) in [4.78, 5) is 1.42. The minimum Gasteiger partial charge on any atom is -0.342 e. The van der Waals surface area contributed by atoms with Gasteiger partial charge in [0.1, 0.15) is 0 Å². The molecule has 0 radical (unpaired) electrons. The molecule has 0 aliphatic heterocycles. The monoisotopic (exact) mass is 320 g/mol. The Balaban J connectivity index is 0. The molecular weight excluding hydrogens is 278 g/mol. The number of rotatable bonds is 14. The standard InChI is InChI=1S/C16H33Cl.C3H9N/c1-2-3-4-5-6-7-8-9-10-11-12-13-14-15-16-17;1-4(2)3/h2-16H2,1H3;1-3H3/p+1. The van der Waals surface area contributed by atoms with Crippen molar-refractivity contribution < 1.29 is 4.90 Å². The van der Waals surface area contributed by atoms with Crippen molar-refractivity contribution >= 4 is 11.6 Å². The van der Waals surface area contributed by atoms with Crippen molar-refractivity contribution in [3.8, 4) is 0 Å². The van der Waals surface area contributed by atoms with Crippen molar-refractivity contribution in [1.82, 2.24) is 0 Å². The molecule has 0 aliphatic carbocycles. The first-order valence-corrected chi connectivity index (χ1v) is 10.0. The van der Waals surface area contributed by atoms with Crippen LogP contribution in [0.2, 0.25) is 0 Å². The average molecular weight is 321 g/mol. The van der Waals surface area contributed by atoms with Crippen LogP contribution in [0.25, 0.3) is 0 Å². The molecule has 0 fully saturated rings. The number of nitrogens with one attached hydrogen (secondary N) is 1. The molecule has 1 N–H and O–H groups in total. The van der Waals surface area contributed by atoms with E-state index in [1.165, 1.54) is 94.8 Å². The molecule has 0 aliphatic rings. The van der Waals surface area contributed by atoms with Gasteiger partial charge in [-0.15, -0.1) is 11.6 Å². The predicted octanol–water partition coefficient (Wildman–Crippen LogP) is 5.47. The van der Waals surface area contributed by atoms with Crippen LogP contribution in [0, 0.1) is 0 Å². The summed E-state index contributed by atoms with van der Waals surface area (Å²) in [6, 6.07) is 0. The Bertz CT molecular complexity index is 143. The SMILES string of the molecule is CCCCCCCCCCCCCCCCCl.C[NH+](C)C. The molecule has 0 aromatic rings. The van der Waals surface area contributed by atoms with Crippen LogP contribution < -0.4 is 4.90 Å². The molecule has 0 saturated carbocycles. The minimum atomic E-state index is 0.845. The Morgan fingerprint density at radius 3 is 1.00 bits per heavy atom. The molecule has 0 bridgehead atoms. The van der Waals surface area contributed by atoms with Gasteiger partial charge >= 0.3 is 0 Å². The van der Waals surface area contributed by atoms with Gasteiger partial charge in [-0.3, -0.25) is 0 Å². The van der Waals surface area contributed by atoms with E-state index in [0.29, 0.717) is 0 Å². The Labute approximate surface area is 140 Å². The first-order valence-electron chi connectivity index (χ1n) is 9.47.